The number of benzene rings is 4. The van der Waals surface area contributed by atoms with E-state index in [0.29, 0.717) is 11.0 Å². The highest BCUT2D eigenvalue weighted by Crippen LogP contribution is 2.33. The van der Waals surface area contributed by atoms with E-state index < -0.39 is 7.12 Å². The lowest BCUT2D eigenvalue weighted by molar-refractivity contribution is 0.426. The van der Waals surface area contributed by atoms with Crippen molar-refractivity contribution in [2.75, 3.05) is 0 Å². The fourth-order valence-electron chi connectivity index (χ4n) is 3.76. The van der Waals surface area contributed by atoms with Crippen LogP contribution in [0.15, 0.2) is 95.4 Å². The zero-order valence-corrected chi connectivity index (χ0v) is 15.0. The Balaban J connectivity index is 1.69. The Labute approximate surface area is 162 Å². The van der Waals surface area contributed by atoms with E-state index in [1.165, 1.54) is 5.56 Å². The normalized spacial score (nSPS) is 11.2. The van der Waals surface area contributed by atoms with Gasteiger partial charge in [-0.2, -0.15) is 0 Å². The highest BCUT2D eigenvalue weighted by Gasteiger charge is 2.19. The fraction of sp³-hybridized carbons (Fsp3) is 0. The molecule has 0 bridgehead atoms. The second-order valence-electron chi connectivity index (χ2n) is 6.85. The Morgan fingerprint density at radius 2 is 1.25 bits per heavy atom. The van der Waals surface area contributed by atoms with Crippen molar-refractivity contribution >= 4 is 34.5 Å². The Bertz CT molecular complexity index is 1290. The predicted molar refractivity (Wildman–Crippen MR) is 114 cm³/mol. The molecule has 0 aliphatic carbocycles. The summed E-state index contributed by atoms with van der Waals surface area (Å²) in [6.45, 7) is 0. The average molecular weight is 364 g/mol. The third-order valence-electron chi connectivity index (χ3n) is 5.11. The van der Waals surface area contributed by atoms with Gasteiger partial charge in [0.15, 0.2) is 0 Å². The second kappa shape index (κ2) is 6.68. The summed E-state index contributed by atoms with van der Waals surface area (Å²) in [5.41, 5.74) is 6.30. The lowest BCUT2D eigenvalue weighted by atomic mass is 9.77. The SMILES string of the molecule is OB(O)c1cccc2oc3ccc(-c4cccc(-c5ccccc5)c4)cc3c12. The van der Waals surface area contributed by atoms with Crippen LogP contribution in [-0.4, -0.2) is 17.2 Å². The molecule has 0 saturated carbocycles. The average Bonchev–Trinajstić information content (AvgIpc) is 3.12. The maximum atomic E-state index is 9.76. The van der Waals surface area contributed by atoms with E-state index in [1.807, 2.05) is 36.4 Å². The number of fused-ring (bicyclic) bond motifs is 3. The molecule has 1 heterocycles. The molecule has 5 rings (SSSR count). The number of rotatable bonds is 3. The van der Waals surface area contributed by atoms with Crippen LogP contribution in [0.4, 0.5) is 0 Å². The van der Waals surface area contributed by atoms with Crippen molar-refractivity contribution in [3.63, 3.8) is 0 Å². The van der Waals surface area contributed by atoms with Gasteiger partial charge in [0.1, 0.15) is 11.2 Å². The highest BCUT2D eigenvalue weighted by atomic mass is 16.4. The van der Waals surface area contributed by atoms with Crippen LogP contribution in [0.3, 0.4) is 0 Å². The molecule has 0 aliphatic heterocycles. The third kappa shape index (κ3) is 2.80. The standard InChI is InChI=1S/C24H17BO3/c26-25(27)21-10-5-11-23-24(21)20-15-19(12-13-22(20)28-23)18-9-4-8-17(14-18)16-6-2-1-3-7-16/h1-15,26-27H. The Hall–Kier alpha value is -3.34. The zero-order valence-electron chi connectivity index (χ0n) is 15.0. The second-order valence-corrected chi connectivity index (χ2v) is 6.85. The summed E-state index contributed by atoms with van der Waals surface area (Å²) in [5.74, 6) is 0. The predicted octanol–water partition coefficient (Wildman–Crippen LogP) is 4.60. The van der Waals surface area contributed by atoms with Crippen LogP contribution in [0.2, 0.25) is 0 Å². The summed E-state index contributed by atoms with van der Waals surface area (Å²) in [4.78, 5) is 0. The quantitative estimate of drug-likeness (QED) is 0.460. The van der Waals surface area contributed by atoms with Gasteiger partial charge in [0.2, 0.25) is 0 Å². The van der Waals surface area contributed by atoms with Gasteiger partial charge in [-0.05, 0) is 52.0 Å². The van der Waals surface area contributed by atoms with E-state index >= 15 is 0 Å². The van der Waals surface area contributed by atoms with Gasteiger partial charge in [-0.25, -0.2) is 0 Å². The molecule has 0 spiro atoms. The summed E-state index contributed by atoms with van der Waals surface area (Å²) in [7, 11) is -1.55. The third-order valence-corrected chi connectivity index (χ3v) is 5.11. The van der Waals surface area contributed by atoms with Gasteiger partial charge in [-0.3, -0.25) is 0 Å². The van der Waals surface area contributed by atoms with Crippen LogP contribution in [-0.2, 0) is 0 Å². The highest BCUT2D eigenvalue weighted by molar-refractivity contribution is 6.62. The molecule has 0 fully saturated rings. The number of hydrogen-bond acceptors (Lipinski definition) is 3. The Kier molecular flexibility index (Phi) is 4.01. The molecule has 3 nitrogen and oxygen atoms in total. The minimum atomic E-state index is -1.55. The molecule has 0 aliphatic rings. The Morgan fingerprint density at radius 1 is 0.571 bits per heavy atom. The summed E-state index contributed by atoms with van der Waals surface area (Å²) in [6.07, 6.45) is 0. The molecule has 0 unspecified atom stereocenters. The van der Waals surface area contributed by atoms with Gasteiger partial charge in [0.05, 0.1) is 0 Å². The van der Waals surface area contributed by atoms with Crippen LogP contribution in [0.25, 0.3) is 44.2 Å². The molecule has 4 heteroatoms. The lowest BCUT2D eigenvalue weighted by Gasteiger charge is -2.07. The van der Waals surface area contributed by atoms with Crippen LogP contribution in [0, 0.1) is 0 Å². The summed E-state index contributed by atoms with van der Waals surface area (Å²) < 4.78 is 5.90. The van der Waals surface area contributed by atoms with Crippen molar-refractivity contribution in [3.8, 4) is 22.3 Å². The van der Waals surface area contributed by atoms with Gasteiger partial charge in [0.25, 0.3) is 0 Å². The summed E-state index contributed by atoms with van der Waals surface area (Å²) in [5, 5.41) is 21.1. The number of hydrogen-bond donors (Lipinski definition) is 2. The smallest absolute Gasteiger partial charge is 0.456 e. The van der Waals surface area contributed by atoms with Gasteiger partial charge in [-0.15, -0.1) is 0 Å². The van der Waals surface area contributed by atoms with Gasteiger partial charge >= 0.3 is 7.12 Å². The molecule has 2 N–H and O–H groups in total. The van der Waals surface area contributed by atoms with Crippen LogP contribution >= 0.6 is 0 Å². The molecule has 5 aromatic rings. The van der Waals surface area contributed by atoms with E-state index in [4.69, 9.17) is 4.42 Å². The van der Waals surface area contributed by atoms with Crippen molar-refractivity contribution in [2.45, 2.75) is 0 Å². The monoisotopic (exact) mass is 364 g/mol. The van der Waals surface area contributed by atoms with E-state index in [9.17, 15) is 10.0 Å². The molecule has 0 atom stereocenters. The van der Waals surface area contributed by atoms with Crippen LogP contribution < -0.4 is 5.46 Å². The molecular weight excluding hydrogens is 347 g/mol. The van der Waals surface area contributed by atoms with Gasteiger partial charge < -0.3 is 14.5 Å². The van der Waals surface area contributed by atoms with Crippen molar-refractivity contribution in [3.05, 3.63) is 91.0 Å². The minimum absolute atomic E-state index is 0.450. The minimum Gasteiger partial charge on any atom is -0.456 e. The topological polar surface area (TPSA) is 53.6 Å². The summed E-state index contributed by atoms with van der Waals surface area (Å²) >= 11 is 0. The van der Waals surface area contributed by atoms with Crippen molar-refractivity contribution < 1.29 is 14.5 Å². The molecule has 1 aromatic heterocycles. The van der Waals surface area contributed by atoms with E-state index in [2.05, 4.69) is 42.5 Å². The van der Waals surface area contributed by atoms with Crippen LogP contribution in [0.5, 0.6) is 0 Å². The first-order valence-corrected chi connectivity index (χ1v) is 9.18. The first-order valence-electron chi connectivity index (χ1n) is 9.18. The largest absolute Gasteiger partial charge is 0.489 e. The van der Waals surface area contributed by atoms with E-state index in [1.54, 1.807) is 12.1 Å². The molecule has 28 heavy (non-hydrogen) atoms. The zero-order chi connectivity index (χ0) is 19.1. The van der Waals surface area contributed by atoms with Crippen molar-refractivity contribution in [1.29, 1.82) is 0 Å². The fourth-order valence-corrected chi connectivity index (χ4v) is 3.76. The first-order chi connectivity index (χ1) is 13.7. The maximum absolute atomic E-state index is 9.76. The van der Waals surface area contributed by atoms with Crippen molar-refractivity contribution in [2.24, 2.45) is 0 Å². The number of furan rings is 1. The molecule has 134 valence electrons. The van der Waals surface area contributed by atoms with Crippen molar-refractivity contribution in [1.82, 2.24) is 0 Å². The maximum Gasteiger partial charge on any atom is 0.489 e. The van der Waals surface area contributed by atoms with Crippen LogP contribution in [0.1, 0.15) is 0 Å². The first kappa shape index (κ1) is 16.8. The summed E-state index contributed by atoms with van der Waals surface area (Å²) in [6, 6.07) is 30.0. The molecule has 4 aromatic carbocycles. The molecular formula is C24H17BO3. The van der Waals surface area contributed by atoms with E-state index in [0.717, 1.165) is 33.0 Å². The molecule has 0 radical (unpaired) electrons. The van der Waals surface area contributed by atoms with E-state index in [-0.39, 0.29) is 0 Å². The van der Waals surface area contributed by atoms with Gasteiger partial charge in [-0.1, -0.05) is 66.7 Å². The Morgan fingerprint density at radius 3 is 2.04 bits per heavy atom. The van der Waals surface area contributed by atoms with Gasteiger partial charge in [0, 0.05) is 10.8 Å². The molecule has 0 saturated heterocycles. The molecule has 0 amide bonds. The lowest BCUT2D eigenvalue weighted by Crippen LogP contribution is -2.30.